The number of nitrogens with zero attached hydrogens (tertiary/aromatic N) is 4. The van der Waals surface area contributed by atoms with Crippen LogP contribution < -0.4 is 10.6 Å². The summed E-state index contributed by atoms with van der Waals surface area (Å²) >= 11 is 3.04. The van der Waals surface area contributed by atoms with Crippen molar-refractivity contribution in [1.82, 2.24) is 25.1 Å². The van der Waals surface area contributed by atoms with Gasteiger partial charge in [-0.1, -0.05) is 23.9 Å². The second kappa shape index (κ2) is 11.2. The monoisotopic (exact) mass is 446 g/mol. The molecule has 2 heterocycles. The van der Waals surface area contributed by atoms with E-state index in [1.165, 1.54) is 11.8 Å². The van der Waals surface area contributed by atoms with Gasteiger partial charge in [0.25, 0.3) is 5.91 Å². The minimum atomic E-state index is -0.0888. The Morgan fingerprint density at radius 3 is 2.77 bits per heavy atom. The molecule has 160 valence electrons. The topological polar surface area (TPSA) is 94.0 Å². The van der Waals surface area contributed by atoms with E-state index >= 15 is 0 Å². The summed E-state index contributed by atoms with van der Waals surface area (Å²) in [6, 6.07) is 7.59. The summed E-state index contributed by atoms with van der Waals surface area (Å²) in [5.74, 6) is 0.655. The van der Waals surface area contributed by atoms with Crippen molar-refractivity contribution in [2.75, 3.05) is 44.1 Å². The molecule has 2 N–H and O–H groups in total. The average Bonchev–Trinajstić information content (AvgIpc) is 3.19. The SMILES string of the molecule is CCOCCNc1nc(SC)nc2c1cnn2CCNC(=O)c1ccccc1SC. The number of fused-ring (bicyclic) bond motifs is 1. The Morgan fingerprint density at radius 1 is 1.17 bits per heavy atom. The van der Waals surface area contributed by atoms with Gasteiger partial charge in [-0.3, -0.25) is 4.79 Å². The number of ether oxygens (including phenoxy) is 1. The zero-order chi connectivity index (χ0) is 21.3. The molecule has 0 bridgehead atoms. The number of amides is 1. The largest absolute Gasteiger partial charge is 0.380 e. The second-order valence-corrected chi connectivity index (χ2v) is 7.87. The number of thioether (sulfide) groups is 2. The van der Waals surface area contributed by atoms with Gasteiger partial charge in [0.1, 0.15) is 5.82 Å². The molecular weight excluding hydrogens is 420 g/mol. The first-order valence-corrected chi connectivity index (χ1v) is 12.1. The summed E-state index contributed by atoms with van der Waals surface area (Å²) < 4.78 is 7.18. The summed E-state index contributed by atoms with van der Waals surface area (Å²) in [6.07, 6.45) is 5.66. The van der Waals surface area contributed by atoms with Crippen molar-refractivity contribution >= 4 is 46.3 Å². The highest BCUT2D eigenvalue weighted by Crippen LogP contribution is 2.23. The molecule has 0 aliphatic rings. The van der Waals surface area contributed by atoms with E-state index in [0.29, 0.717) is 43.6 Å². The Bertz CT molecular complexity index is 995. The van der Waals surface area contributed by atoms with E-state index in [4.69, 9.17) is 4.74 Å². The van der Waals surface area contributed by atoms with E-state index in [9.17, 15) is 4.79 Å². The molecule has 1 amide bonds. The predicted molar refractivity (Wildman–Crippen MR) is 123 cm³/mol. The van der Waals surface area contributed by atoms with Gasteiger partial charge in [0, 0.05) is 24.6 Å². The lowest BCUT2D eigenvalue weighted by Gasteiger charge is -2.10. The van der Waals surface area contributed by atoms with Gasteiger partial charge in [-0.05, 0) is 31.6 Å². The van der Waals surface area contributed by atoms with Crippen LogP contribution in [0, 0.1) is 0 Å². The molecule has 3 rings (SSSR count). The molecule has 0 aliphatic carbocycles. The highest BCUT2D eigenvalue weighted by molar-refractivity contribution is 7.98. The molecular formula is C20H26N6O2S2. The Hall–Kier alpha value is -2.30. The highest BCUT2D eigenvalue weighted by atomic mass is 32.2. The number of aromatic nitrogens is 4. The average molecular weight is 447 g/mol. The van der Waals surface area contributed by atoms with Crippen LogP contribution in [0.15, 0.2) is 40.5 Å². The van der Waals surface area contributed by atoms with Crippen LogP contribution in [-0.2, 0) is 11.3 Å². The molecule has 1 aromatic carbocycles. The van der Waals surface area contributed by atoms with Gasteiger partial charge in [-0.15, -0.1) is 11.8 Å². The number of benzene rings is 1. The fraction of sp³-hybridized carbons (Fsp3) is 0.400. The van der Waals surface area contributed by atoms with Crippen LogP contribution in [0.5, 0.6) is 0 Å². The maximum absolute atomic E-state index is 12.5. The van der Waals surface area contributed by atoms with Crippen LogP contribution in [0.2, 0.25) is 0 Å². The molecule has 0 saturated carbocycles. The van der Waals surface area contributed by atoms with E-state index < -0.39 is 0 Å². The molecule has 3 aromatic rings. The molecule has 0 atom stereocenters. The molecule has 0 spiro atoms. The molecule has 0 saturated heterocycles. The van der Waals surface area contributed by atoms with Crippen molar-refractivity contribution in [1.29, 1.82) is 0 Å². The summed E-state index contributed by atoms with van der Waals surface area (Å²) in [5, 5.41) is 12.3. The van der Waals surface area contributed by atoms with Crippen molar-refractivity contribution in [3.63, 3.8) is 0 Å². The van der Waals surface area contributed by atoms with Gasteiger partial charge < -0.3 is 15.4 Å². The van der Waals surface area contributed by atoms with E-state index in [0.717, 1.165) is 21.7 Å². The molecule has 2 aromatic heterocycles. The number of nitrogens with one attached hydrogen (secondary N) is 2. The summed E-state index contributed by atoms with van der Waals surface area (Å²) in [6.45, 7) is 4.88. The van der Waals surface area contributed by atoms with Crippen LogP contribution in [0.4, 0.5) is 5.82 Å². The summed E-state index contributed by atoms with van der Waals surface area (Å²) in [7, 11) is 0. The molecule has 10 heteroatoms. The quantitative estimate of drug-likeness (QED) is 0.264. The second-order valence-electron chi connectivity index (χ2n) is 6.24. The van der Waals surface area contributed by atoms with Gasteiger partial charge in [0.15, 0.2) is 10.8 Å². The lowest BCUT2D eigenvalue weighted by Crippen LogP contribution is -2.28. The first-order chi connectivity index (χ1) is 14.7. The normalized spacial score (nSPS) is 11.0. The standard InChI is InChI=1S/C20H26N6O2S2/c1-4-28-12-10-21-17-15-13-23-26(18(15)25-20(24-17)30-3)11-9-22-19(27)14-7-5-6-8-16(14)29-2/h5-8,13H,4,9-12H2,1-3H3,(H,22,27)(H,21,24,25). The van der Waals surface area contributed by atoms with Crippen molar-refractivity contribution in [2.45, 2.75) is 23.5 Å². The Kier molecular flexibility index (Phi) is 8.35. The van der Waals surface area contributed by atoms with Crippen LogP contribution >= 0.6 is 23.5 Å². The van der Waals surface area contributed by atoms with Crippen LogP contribution in [0.1, 0.15) is 17.3 Å². The van der Waals surface area contributed by atoms with E-state index in [2.05, 4.69) is 25.7 Å². The van der Waals surface area contributed by atoms with Crippen LogP contribution in [0.25, 0.3) is 11.0 Å². The third kappa shape index (κ3) is 5.44. The zero-order valence-corrected chi connectivity index (χ0v) is 19.0. The minimum Gasteiger partial charge on any atom is -0.380 e. The van der Waals surface area contributed by atoms with Gasteiger partial charge in [-0.25, -0.2) is 14.6 Å². The maximum Gasteiger partial charge on any atom is 0.252 e. The number of hydrogen-bond donors (Lipinski definition) is 2. The van der Waals surface area contributed by atoms with Gasteiger partial charge in [0.05, 0.1) is 30.3 Å². The third-order valence-electron chi connectivity index (χ3n) is 4.36. The lowest BCUT2D eigenvalue weighted by molar-refractivity contribution is 0.0949. The zero-order valence-electron chi connectivity index (χ0n) is 17.3. The smallest absolute Gasteiger partial charge is 0.252 e. The summed E-state index contributed by atoms with van der Waals surface area (Å²) in [5.41, 5.74) is 1.43. The molecule has 8 nitrogen and oxygen atoms in total. The van der Waals surface area contributed by atoms with Crippen molar-refractivity contribution in [2.24, 2.45) is 0 Å². The molecule has 30 heavy (non-hydrogen) atoms. The Morgan fingerprint density at radius 2 is 2.00 bits per heavy atom. The van der Waals surface area contributed by atoms with Crippen molar-refractivity contribution in [3.8, 4) is 0 Å². The summed E-state index contributed by atoms with van der Waals surface area (Å²) in [4.78, 5) is 22.7. The van der Waals surface area contributed by atoms with Crippen molar-refractivity contribution < 1.29 is 9.53 Å². The number of carbonyl (C=O) groups excluding carboxylic acids is 1. The van der Waals surface area contributed by atoms with Crippen molar-refractivity contribution in [3.05, 3.63) is 36.0 Å². The Labute approximate surface area is 184 Å². The number of hydrogen-bond acceptors (Lipinski definition) is 8. The fourth-order valence-corrected chi connectivity index (χ4v) is 3.87. The van der Waals surface area contributed by atoms with Gasteiger partial charge in [-0.2, -0.15) is 5.10 Å². The number of rotatable bonds is 11. The van der Waals surface area contributed by atoms with E-state index in [-0.39, 0.29) is 5.91 Å². The molecule has 0 radical (unpaired) electrons. The number of anilines is 1. The first-order valence-electron chi connectivity index (χ1n) is 9.68. The first kappa shape index (κ1) is 22.4. The Balaban J connectivity index is 1.69. The van der Waals surface area contributed by atoms with Crippen LogP contribution in [-0.4, -0.2) is 64.5 Å². The van der Waals surface area contributed by atoms with E-state index in [1.54, 1.807) is 22.6 Å². The maximum atomic E-state index is 12.5. The highest BCUT2D eigenvalue weighted by Gasteiger charge is 2.14. The third-order valence-corrected chi connectivity index (χ3v) is 5.71. The molecule has 0 aliphatic heterocycles. The number of carbonyl (C=O) groups is 1. The molecule has 0 fully saturated rings. The fourth-order valence-electron chi connectivity index (χ4n) is 2.91. The van der Waals surface area contributed by atoms with Gasteiger partial charge >= 0.3 is 0 Å². The molecule has 0 unspecified atom stereocenters. The minimum absolute atomic E-state index is 0.0888. The predicted octanol–water partition coefficient (Wildman–Crippen LogP) is 3.15. The van der Waals surface area contributed by atoms with Gasteiger partial charge in [0.2, 0.25) is 0 Å². The van der Waals surface area contributed by atoms with Crippen LogP contribution in [0.3, 0.4) is 0 Å². The van der Waals surface area contributed by atoms with E-state index in [1.807, 2.05) is 43.7 Å². The lowest BCUT2D eigenvalue weighted by atomic mass is 10.2.